The summed E-state index contributed by atoms with van der Waals surface area (Å²) in [5.41, 5.74) is 0.276. The Hall–Kier alpha value is -1.49. The number of hydrogen-bond donors (Lipinski definition) is 2. The monoisotopic (exact) mass is 241 g/mol. The lowest BCUT2D eigenvalue weighted by Gasteiger charge is -2.13. The van der Waals surface area contributed by atoms with Crippen LogP contribution in [-0.2, 0) is 11.3 Å². The Kier molecular flexibility index (Phi) is 3.38. The van der Waals surface area contributed by atoms with Crippen LogP contribution in [0.15, 0.2) is 18.2 Å². The molecule has 1 aliphatic carbocycles. The van der Waals surface area contributed by atoms with Crippen molar-refractivity contribution in [2.75, 3.05) is 0 Å². The van der Waals surface area contributed by atoms with E-state index < -0.39 is 23.6 Å². The molecule has 3 nitrogen and oxygen atoms in total. The Morgan fingerprint density at radius 1 is 1.47 bits per heavy atom. The largest absolute Gasteiger partial charge is 0.480 e. The molecule has 0 spiro atoms. The summed E-state index contributed by atoms with van der Waals surface area (Å²) in [6.45, 7) is 0.0968. The molecule has 1 aromatic rings. The first-order valence-electron chi connectivity index (χ1n) is 5.48. The Morgan fingerprint density at radius 2 is 2.18 bits per heavy atom. The van der Waals surface area contributed by atoms with Crippen LogP contribution >= 0.6 is 0 Å². The highest BCUT2D eigenvalue weighted by atomic mass is 19.1. The van der Waals surface area contributed by atoms with Gasteiger partial charge >= 0.3 is 5.97 Å². The maximum atomic E-state index is 13.3. The molecule has 0 aliphatic heterocycles. The number of rotatable bonds is 5. The van der Waals surface area contributed by atoms with Crippen molar-refractivity contribution in [3.8, 4) is 0 Å². The molecule has 5 heteroatoms. The zero-order valence-electron chi connectivity index (χ0n) is 9.12. The number of carboxylic acids is 1. The van der Waals surface area contributed by atoms with E-state index in [1.54, 1.807) is 0 Å². The first-order chi connectivity index (χ1) is 8.08. The Labute approximate surface area is 97.5 Å². The van der Waals surface area contributed by atoms with E-state index in [1.165, 1.54) is 6.07 Å². The van der Waals surface area contributed by atoms with E-state index in [2.05, 4.69) is 5.32 Å². The minimum absolute atomic E-state index is 0.0968. The van der Waals surface area contributed by atoms with Crippen molar-refractivity contribution in [3.05, 3.63) is 35.4 Å². The molecule has 0 heterocycles. The molecule has 2 rings (SSSR count). The predicted octanol–water partition coefficient (Wildman–Crippen LogP) is 1.92. The topological polar surface area (TPSA) is 49.3 Å². The minimum Gasteiger partial charge on any atom is -0.480 e. The molecule has 1 atom stereocenters. The molecular weight excluding hydrogens is 228 g/mol. The molecule has 0 saturated heterocycles. The fraction of sp³-hybridized carbons (Fsp3) is 0.417. The molecule has 0 radical (unpaired) electrons. The van der Waals surface area contributed by atoms with Crippen molar-refractivity contribution in [2.45, 2.75) is 25.4 Å². The number of nitrogens with one attached hydrogen (secondary N) is 1. The summed E-state index contributed by atoms with van der Waals surface area (Å²) in [6.07, 6.45) is 1.77. The fourth-order valence-corrected chi connectivity index (χ4v) is 1.77. The average Bonchev–Trinajstić information content (AvgIpc) is 3.05. The highest BCUT2D eigenvalue weighted by Gasteiger charge is 2.35. The van der Waals surface area contributed by atoms with Crippen molar-refractivity contribution < 1.29 is 18.7 Å². The van der Waals surface area contributed by atoms with Gasteiger partial charge in [0.25, 0.3) is 0 Å². The number of aliphatic carboxylic acids is 1. The van der Waals surface area contributed by atoms with Gasteiger partial charge in [-0.05, 0) is 24.8 Å². The first kappa shape index (κ1) is 12.0. The highest BCUT2D eigenvalue weighted by molar-refractivity contribution is 5.74. The van der Waals surface area contributed by atoms with E-state index in [0.717, 1.165) is 25.0 Å². The van der Waals surface area contributed by atoms with Crippen molar-refractivity contribution in [3.63, 3.8) is 0 Å². The van der Waals surface area contributed by atoms with Crippen LogP contribution in [0.1, 0.15) is 18.4 Å². The Balaban J connectivity index is 1.98. The van der Waals surface area contributed by atoms with Crippen LogP contribution in [0.4, 0.5) is 8.78 Å². The van der Waals surface area contributed by atoms with Gasteiger partial charge in [-0.25, -0.2) is 8.78 Å². The standard InChI is InChI=1S/C12H13F2NO2/c13-9-4-3-8(10(14)5-9)6-15-11(12(16)17)7-1-2-7/h3-5,7,11,15H,1-2,6H2,(H,16,17). The van der Waals surface area contributed by atoms with Gasteiger partial charge in [-0.2, -0.15) is 0 Å². The third-order valence-corrected chi connectivity index (χ3v) is 2.89. The number of hydrogen-bond acceptors (Lipinski definition) is 2. The predicted molar refractivity (Wildman–Crippen MR) is 57.3 cm³/mol. The van der Waals surface area contributed by atoms with Crippen molar-refractivity contribution in [2.24, 2.45) is 5.92 Å². The zero-order valence-corrected chi connectivity index (χ0v) is 9.12. The van der Waals surface area contributed by atoms with E-state index in [1.807, 2.05) is 0 Å². The van der Waals surface area contributed by atoms with Gasteiger partial charge in [-0.15, -0.1) is 0 Å². The quantitative estimate of drug-likeness (QED) is 0.828. The summed E-state index contributed by atoms with van der Waals surface area (Å²) in [6, 6.07) is 2.64. The number of halogens is 2. The fourth-order valence-electron chi connectivity index (χ4n) is 1.77. The molecule has 1 fully saturated rings. The smallest absolute Gasteiger partial charge is 0.320 e. The Bertz CT molecular complexity index is 433. The number of carbonyl (C=O) groups is 1. The van der Waals surface area contributed by atoms with Gasteiger partial charge in [-0.3, -0.25) is 10.1 Å². The molecule has 92 valence electrons. The van der Waals surface area contributed by atoms with Gasteiger partial charge in [0.15, 0.2) is 0 Å². The second kappa shape index (κ2) is 4.79. The van der Waals surface area contributed by atoms with Crippen molar-refractivity contribution >= 4 is 5.97 Å². The molecular formula is C12H13F2NO2. The van der Waals surface area contributed by atoms with Crippen LogP contribution < -0.4 is 5.32 Å². The maximum absolute atomic E-state index is 13.3. The van der Waals surface area contributed by atoms with Gasteiger partial charge < -0.3 is 5.11 Å². The molecule has 1 unspecified atom stereocenters. The highest BCUT2D eigenvalue weighted by Crippen LogP contribution is 2.32. The lowest BCUT2D eigenvalue weighted by atomic mass is 10.1. The zero-order chi connectivity index (χ0) is 12.4. The van der Waals surface area contributed by atoms with E-state index in [9.17, 15) is 13.6 Å². The SMILES string of the molecule is O=C(O)C(NCc1ccc(F)cc1F)C1CC1. The normalized spacial score (nSPS) is 16.8. The minimum atomic E-state index is -0.921. The van der Waals surface area contributed by atoms with Gasteiger partial charge in [0.05, 0.1) is 0 Å². The summed E-state index contributed by atoms with van der Waals surface area (Å²) in [5.74, 6) is -2.08. The average molecular weight is 241 g/mol. The van der Waals surface area contributed by atoms with E-state index in [0.29, 0.717) is 0 Å². The molecule has 1 aliphatic rings. The van der Waals surface area contributed by atoms with E-state index in [-0.39, 0.29) is 18.0 Å². The molecule has 0 aromatic heterocycles. The van der Waals surface area contributed by atoms with Crippen LogP contribution in [0.25, 0.3) is 0 Å². The van der Waals surface area contributed by atoms with Gasteiger partial charge in [0.2, 0.25) is 0 Å². The first-order valence-corrected chi connectivity index (χ1v) is 5.48. The van der Waals surface area contributed by atoms with Crippen LogP contribution in [0.3, 0.4) is 0 Å². The molecule has 0 bridgehead atoms. The van der Waals surface area contributed by atoms with Crippen LogP contribution in [-0.4, -0.2) is 17.1 Å². The number of carboxylic acid groups (broad SMARTS) is 1. The van der Waals surface area contributed by atoms with Crippen molar-refractivity contribution in [1.82, 2.24) is 5.32 Å². The third-order valence-electron chi connectivity index (χ3n) is 2.89. The third kappa shape index (κ3) is 3.00. The van der Waals surface area contributed by atoms with Gasteiger partial charge in [-0.1, -0.05) is 6.07 Å². The molecule has 17 heavy (non-hydrogen) atoms. The summed E-state index contributed by atoms with van der Waals surface area (Å²) < 4.78 is 25.9. The van der Waals surface area contributed by atoms with Crippen molar-refractivity contribution in [1.29, 1.82) is 0 Å². The van der Waals surface area contributed by atoms with E-state index in [4.69, 9.17) is 5.11 Å². The lowest BCUT2D eigenvalue weighted by molar-refractivity contribution is -0.140. The second-order valence-corrected chi connectivity index (χ2v) is 4.27. The summed E-state index contributed by atoms with van der Waals surface area (Å²) in [7, 11) is 0. The molecule has 2 N–H and O–H groups in total. The second-order valence-electron chi connectivity index (χ2n) is 4.27. The van der Waals surface area contributed by atoms with Crippen LogP contribution in [0, 0.1) is 17.6 Å². The van der Waals surface area contributed by atoms with Gasteiger partial charge in [0.1, 0.15) is 17.7 Å². The summed E-state index contributed by atoms with van der Waals surface area (Å²) in [5, 5.41) is 11.8. The summed E-state index contributed by atoms with van der Waals surface area (Å²) in [4.78, 5) is 10.9. The Morgan fingerprint density at radius 3 is 2.71 bits per heavy atom. The number of benzene rings is 1. The van der Waals surface area contributed by atoms with Crippen LogP contribution in [0.5, 0.6) is 0 Å². The van der Waals surface area contributed by atoms with E-state index >= 15 is 0 Å². The van der Waals surface area contributed by atoms with Crippen LogP contribution in [0.2, 0.25) is 0 Å². The lowest BCUT2D eigenvalue weighted by Crippen LogP contribution is -2.38. The molecule has 1 aromatic carbocycles. The van der Waals surface area contributed by atoms with Gasteiger partial charge in [0, 0.05) is 18.2 Å². The molecule has 1 saturated carbocycles. The maximum Gasteiger partial charge on any atom is 0.320 e. The summed E-state index contributed by atoms with van der Waals surface area (Å²) >= 11 is 0. The molecule has 0 amide bonds.